The Morgan fingerprint density at radius 3 is 2.43 bits per heavy atom. The molecule has 23 heavy (non-hydrogen) atoms. The van der Waals surface area contributed by atoms with Gasteiger partial charge in [0.05, 0.1) is 36.7 Å². The summed E-state index contributed by atoms with van der Waals surface area (Å²) < 4.78 is 8.08. The molecular formula is C18H14BrN3O. The Kier molecular flexibility index (Phi) is 4.45. The van der Waals surface area contributed by atoms with Gasteiger partial charge in [-0.3, -0.25) is 0 Å². The van der Waals surface area contributed by atoms with Crippen LogP contribution in [0, 0.1) is 11.3 Å². The molecule has 0 atom stereocenters. The molecular weight excluding hydrogens is 354 g/mol. The van der Waals surface area contributed by atoms with E-state index in [0.29, 0.717) is 0 Å². The molecule has 0 amide bonds. The summed E-state index contributed by atoms with van der Waals surface area (Å²) >= 11 is 3.45. The van der Waals surface area contributed by atoms with Crippen molar-refractivity contribution >= 4 is 15.9 Å². The number of nitrogens with zero attached hydrogens (tertiary/aromatic N) is 3. The lowest BCUT2D eigenvalue weighted by molar-refractivity contribution is 0.414. The molecule has 0 saturated heterocycles. The lowest BCUT2D eigenvalue weighted by Gasteiger charge is -2.08. The van der Waals surface area contributed by atoms with E-state index in [9.17, 15) is 0 Å². The van der Waals surface area contributed by atoms with Gasteiger partial charge < -0.3 is 4.74 Å². The smallest absolute Gasteiger partial charge is 0.119 e. The molecule has 114 valence electrons. The van der Waals surface area contributed by atoms with Gasteiger partial charge in [-0.1, -0.05) is 28.1 Å². The summed E-state index contributed by atoms with van der Waals surface area (Å²) in [4.78, 5) is 0. The second-order valence-corrected chi connectivity index (χ2v) is 5.89. The molecule has 0 bridgehead atoms. The van der Waals surface area contributed by atoms with Crippen molar-refractivity contribution in [3.8, 4) is 28.8 Å². The minimum atomic E-state index is 0.284. The molecule has 0 aliphatic carbocycles. The zero-order valence-electron chi connectivity index (χ0n) is 12.5. The highest BCUT2D eigenvalue weighted by molar-refractivity contribution is 9.10. The Bertz CT molecular complexity index is 845. The van der Waals surface area contributed by atoms with E-state index in [1.54, 1.807) is 7.11 Å². The van der Waals surface area contributed by atoms with Crippen LogP contribution < -0.4 is 4.74 Å². The summed E-state index contributed by atoms with van der Waals surface area (Å²) in [5, 5.41) is 13.5. The number of ether oxygens (including phenoxy) is 1. The van der Waals surface area contributed by atoms with Crippen molar-refractivity contribution in [2.24, 2.45) is 0 Å². The summed E-state index contributed by atoms with van der Waals surface area (Å²) in [7, 11) is 1.64. The third kappa shape index (κ3) is 3.27. The van der Waals surface area contributed by atoms with Crippen molar-refractivity contribution in [1.29, 1.82) is 5.26 Å². The fourth-order valence-electron chi connectivity index (χ4n) is 2.34. The van der Waals surface area contributed by atoms with Crippen LogP contribution in [0.25, 0.3) is 16.9 Å². The van der Waals surface area contributed by atoms with Crippen LogP contribution in [0.15, 0.2) is 59.1 Å². The Hall–Kier alpha value is -2.58. The molecule has 4 nitrogen and oxygen atoms in total. The molecule has 3 rings (SSSR count). The molecule has 5 heteroatoms. The van der Waals surface area contributed by atoms with Gasteiger partial charge in [-0.25, -0.2) is 4.68 Å². The number of benzene rings is 2. The van der Waals surface area contributed by atoms with E-state index in [1.807, 2.05) is 59.3 Å². The normalized spacial score (nSPS) is 10.3. The molecule has 1 heterocycles. The minimum absolute atomic E-state index is 0.284. The highest BCUT2D eigenvalue weighted by Crippen LogP contribution is 2.26. The zero-order valence-corrected chi connectivity index (χ0v) is 14.1. The van der Waals surface area contributed by atoms with E-state index in [0.717, 1.165) is 32.9 Å². The van der Waals surface area contributed by atoms with E-state index < -0.39 is 0 Å². The molecule has 2 aromatic carbocycles. The summed E-state index contributed by atoms with van der Waals surface area (Å²) in [6.07, 6.45) is 0.284. The van der Waals surface area contributed by atoms with Gasteiger partial charge in [0.1, 0.15) is 5.75 Å². The van der Waals surface area contributed by atoms with E-state index in [1.165, 1.54) is 0 Å². The quantitative estimate of drug-likeness (QED) is 0.687. The first-order valence-corrected chi connectivity index (χ1v) is 7.87. The van der Waals surface area contributed by atoms with Gasteiger partial charge in [0.2, 0.25) is 0 Å². The number of halogens is 1. The van der Waals surface area contributed by atoms with E-state index in [-0.39, 0.29) is 6.42 Å². The average Bonchev–Trinajstić information content (AvgIpc) is 3.00. The predicted octanol–water partition coefficient (Wildman–Crippen LogP) is 4.38. The van der Waals surface area contributed by atoms with E-state index in [4.69, 9.17) is 10.00 Å². The van der Waals surface area contributed by atoms with E-state index >= 15 is 0 Å². The predicted molar refractivity (Wildman–Crippen MR) is 92.6 cm³/mol. The molecule has 0 N–H and O–H groups in total. The Morgan fingerprint density at radius 2 is 1.83 bits per heavy atom. The largest absolute Gasteiger partial charge is 0.497 e. The fraction of sp³-hybridized carbons (Fsp3) is 0.111. The third-order valence-electron chi connectivity index (χ3n) is 3.48. The number of aromatic nitrogens is 2. The zero-order chi connectivity index (χ0) is 16.2. The average molecular weight is 368 g/mol. The van der Waals surface area contributed by atoms with Crippen LogP contribution in [0.5, 0.6) is 5.75 Å². The summed E-state index contributed by atoms with van der Waals surface area (Å²) in [5.74, 6) is 0.795. The van der Waals surface area contributed by atoms with Crippen LogP contribution in [-0.4, -0.2) is 16.9 Å². The van der Waals surface area contributed by atoms with Crippen molar-refractivity contribution in [3.63, 3.8) is 0 Å². The van der Waals surface area contributed by atoms with Gasteiger partial charge >= 0.3 is 0 Å². The maximum Gasteiger partial charge on any atom is 0.119 e. The lowest BCUT2D eigenvalue weighted by atomic mass is 10.1. The van der Waals surface area contributed by atoms with Crippen LogP contribution in [0.2, 0.25) is 0 Å². The third-order valence-corrected chi connectivity index (χ3v) is 4.01. The molecule has 1 aromatic heterocycles. The first kappa shape index (κ1) is 15.3. The second-order valence-electron chi connectivity index (χ2n) is 4.97. The first-order valence-electron chi connectivity index (χ1n) is 7.07. The van der Waals surface area contributed by atoms with E-state index in [2.05, 4.69) is 27.1 Å². The van der Waals surface area contributed by atoms with Crippen molar-refractivity contribution in [3.05, 3.63) is 64.8 Å². The molecule has 3 aromatic rings. The van der Waals surface area contributed by atoms with Crippen molar-refractivity contribution in [1.82, 2.24) is 9.78 Å². The number of nitriles is 1. The Labute approximate surface area is 143 Å². The first-order chi connectivity index (χ1) is 11.2. The number of hydrogen-bond donors (Lipinski definition) is 0. The van der Waals surface area contributed by atoms with Crippen LogP contribution in [-0.2, 0) is 6.42 Å². The van der Waals surface area contributed by atoms with Crippen molar-refractivity contribution in [2.75, 3.05) is 7.11 Å². The van der Waals surface area contributed by atoms with Gasteiger partial charge in [-0.2, -0.15) is 10.4 Å². The van der Waals surface area contributed by atoms with Crippen molar-refractivity contribution in [2.45, 2.75) is 6.42 Å². The molecule has 0 aliphatic heterocycles. The van der Waals surface area contributed by atoms with Gasteiger partial charge in [0.15, 0.2) is 0 Å². The Morgan fingerprint density at radius 1 is 1.13 bits per heavy atom. The topological polar surface area (TPSA) is 50.8 Å². The van der Waals surface area contributed by atoms with Crippen LogP contribution in [0.1, 0.15) is 5.69 Å². The molecule has 0 aliphatic rings. The summed E-state index contributed by atoms with van der Waals surface area (Å²) in [6, 6.07) is 19.8. The lowest BCUT2D eigenvalue weighted by Crippen LogP contribution is -1.99. The Balaban J connectivity index is 2.10. The maximum atomic E-state index is 8.94. The molecule has 0 spiro atoms. The monoisotopic (exact) mass is 367 g/mol. The standard InChI is InChI=1S/C18H14BrN3O/c1-23-17-8-6-16(7-9-17)22-18(12-15(21-22)10-11-20)13-2-4-14(19)5-3-13/h2-9,12H,10H2,1H3. The fourth-order valence-corrected chi connectivity index (χ4v) is 2.61. The number of hydrogen-bond acceptors (Lipinski definition) is 3. The van der Waals surface area contributed by atoms with Crippen molar-refractivity contribution < 1.29 is 4.74 Å². The number of rotatable bonds is 4. The summed E-state index contributed by atoms with van der Waals surface area (Å²) in [6.45, 7) is 0. The second kappa shape index (κ2) is 6.67. The van der Waals surface area contributed by atoms with Gasteiger partial charge in [0.25, 0.3) is 0 Å². The summed E-state index contributed by atoms with van der Waals surface area (Å²) in [5.41, 5.74) is 3.67. The molecule has 0 saturated carbocycles. The molecule has 0 fully saturated rings. The number of methoxy groups -OCH3 is 1. The van der Waals surface area contributed by atoms with Crippen LogP contribution in [0.4, 0.5) is 0 Å². The maximum absolute atomic E-state index is 8.94. The highest BCUT2D eigenvalue weighted by atomic mass is 79.9. The van der Waals surface area contributed by atoms with Gasteiger partial charge in [-0.15, -0.1) is 0 Å². The van der Waals surface area contributed by atoms with Gasteiger partial charge in [-0.05, 0) is 42.5 Å². The van der Waals surface area contributed by atoms with Crippen LogP contribution >= 0.6 is 15.9 Å². The molecule has 0 radical (unpaired) electrons. The van der Waals surface area contributed by atoms with Crippen LogP contribution in [0.3, 0.4) is 0 Å². The minimum Gasteiger partial charge on any atom is -0.497 e. The van der Waals surface area contributed by atoms with Gasteiger partial charge in [0, 0.05) is 10.0 Å². The molecule has 0 unspecified atom stereocenters. The highest BCUT2D eigenvalue weighted by Gasteiger charge is 2.12. The SMILES string of the molecule is COc1ccc(-n2nc(CC#N)cc2-c2ccc(Br)cc2)cc1.